The minimum atomic E-state index is -0.779. The van der Waals surface area contributed by atoms with Crippen molar-refractivity contribution in [3.8, 4) is 0 Å². The third kappa shape index (κ3) is 6.31. The third-order valence-electron chi connectivity index (χ3n) is 6.34. The lowest BCUT2D eigenvalue weighted by Gasteiger charge is -2.37. The molecule has 2 rings (SSSR count). The molecule has 2 aliphatic heterocycles. The van der Waals surface area contributed by atoms with Crippen LogP contribution in [0.4, 0.5) is 9.59 Å². The molecule has 34 heavy (non-hydrogen) atoms. The minimum Gasteiger partial charge on any atom is -0.442 e. The molecule has 0 aromatic carbocycles. The van der Waals surface area contributed by atoms with Crippen LogP contribution < -0.4 is 21.3 Å². The Morgan fingerprint density at radius 3 is 2.24 bits per heavy atom. The molecule has 2 saturated heterocycles. The largest absolute Gasteiger partial charge is 0.442 e. The molecule has 0 aliphatic carbocycles. The van der Waals surface area contributed by atoms with Crippen molar-refractivity contribution < 1.29 is 23.9 Å². The molecule has 0 aromatic heterocycles. The normalized spacial score (nSPS) is 23.9. The Hall–Kier alpha value is -2.56. The summed E-state index contributed by atoms with van der Waals surface area (Å²) in [6.07, 6.45) is -0.691. The van der Waals surface area contributed by atoms with Crippen molar-refractivity contribution in [1.82, 2.24) is 31.1 Å². The van der Waals surface area contributed by atoms with E-state index in [1.165, 1.54) is 0 Å². The highest BCUT2D eigenvalue weighted by Gasteiger charge is 2.55. The fourth-order valence-corrected chi connectivity index (χ4v) is 4.49. The van der Waals surface area contributed by atoms with Gasteiger partial charge in [0, 0.05) is 19.1 Å². The molecule has 0 radical (unpaired) electrons. The molecule has 0 bridgehead atoms. The summed E-state index contributed by atoms with van der Waals surface area (Å²) < 4.78 is 5.67. The molecule has 11 heteroatoms. The zero-order chi connectivity index (χ0) is 25.8. The third-order valence-corrected chi connectivity index (χ3v) is 6.34. The first-order chi connectivity index (χ1) is 15.8. The van der Waals surface area contributed by atoms with Gasteiger partial charge in [0.05, 0.1) is 24.7 Å². The number of fused-ring (bicyclic) bond motifs is 1. The highest BCUT2D eigenvalue weighted by Crippen LogP contribution is 2.35. The molecule has 0 aromatic rings. The summed E-state index contributed by atoms with van der Waals surface area (Å²) in [6, 6.07) is -2.31. The second kappa shape index (κ2) is 11.2. The van der Waals surface area contributed by atoms with E-state index < -0.39 is 35.7 Å². The Morgan fingerprint density at radius 2 is 1.71 bits per heavy atom. The zero-order valence-corrected chi connectivity index (χ0v) is 21.7. The van der Waals surface area contributed by atoms with Crippen LogP contribution in [0.25, 0.3) is 0 Å². The molecule has 0 saturated carbocycles. The van der Waals surface area contributed by atoms with Gasteiger partial charge in [-0.2, -0.15) is 0 Å². The molecule has 4 N–H and O–H groups in total. The average molecular weight is 483 g/mol. The molecule has 5 unspecified atom stereocenters. The molecule has 11 nitrogen and oxygen atoms in total. The van der Waals surface area contributed by atoms with Crippen LogP contribution in [-0.4, -0.2) is 96.7 Å². The van der Waals surface area contributed by atoms with Crippen molar-refractivity contribution in [1.29, 1.82) is 0 Å². The summed E-state index contributed by atoms with van der Waals surface area (Å²) in [5, 5.41) is 11.3. The molecule has 5 atom stereocenters. The second-order valence-corrected chi connectivity index (χ2v) is 10.4. The number of likely N-dealkylation sites (N-methyl/N-ethyl adjacent to an activating group) is 1. The minimum absolute atomic E-state index is 0.0527. The number of hydrogen-bond acceptors (Lipinski definition) is 6. The van der Waals surface area contributed by atoms with Crippen molar-refractivity contribution in [2.75, 3.05) is 26.7 Å². The maximum absolute atomic E-state index is 13.8. The topological polar surface area (TPSA) is 132 Å². The zero-order valence-electron chi connectivity index (χ0n) is 21.7. The van der Waals surface area contributed by atoms with Crippen LogP contribution in [-0.2, 0) is 14.3 Å². The first-order valence-electron chi connectivity index (χ1n) is 12.1. The number of amides is 5. The van der Waals surface area contributed by atoms with Crippen LogP contribution in [0.1, 0.15) is 54.9 Å². The van der Waals surface area contributed by atoms with Gasteiger partial charge in [-0.05, 0) is 46.6 Å². The fraction of sp³-hybridized carbons (Fsp3) is 0.826. The summed E-state index contributed by atoms with van der Waals surface area (Å²) in [6.45, 7) is 14.0. The number of nitrogens with one attached hydrogen (secondary N) is 4. The molecular weight excluding hydrogens is 440 g/mol. The Labute approximate surface area is 202 Å². The standard InChI is InChI=1S/C23H42N6O5/c1-9-25-22(33)34-16-12-29(21(32)26-13(2)3)15-10-11-28(17(15)16)20(31)18(23(5,6)7)27-19(30)14(4)24-8/h13-18,24H,9-12H2,1-8H3,(H,25,33)(H,26,32)(H,27,30). The van der Waals surface area contributed by atoms with Crippen molar-refractivity contribution in [3.63, 3.8) is 0 Å². The molecule has 0 spiro atoms. The number of carbonyl (C=O) groups is 4. The number of urea groups is 1. The SMILES string of the molecule is CCNC(=O)OC1CN(C(=O)NC(C)C)C2CCN(C(=O)C(NC(=O)C(C)NC)C(C)(C)C)C12. The van der Waals surface area contributed by atoms with Gasteiger partial charge in [-0.1, -0.05) is 20.8 Å². The second-order valence-electron chi connectivity index (χ2n) is 10.4. The van der Waals surface area contributed by atoms with Gasteiger partial charge in [0.15, 0.2) is 0 Å². The van der Waals surface area contributed by atoms with Gasteiger partial charge < -0.3 is 35.8 Å². The van der Waals surface area contributed by atoms with E-state index in [1.807, 2.05) is 34.6 Å². The molecule has 2 fully saturated rings. The maximum Gasteiger partial charge on any atom is 0.407 e. The van der Waals surface area contributed by atoms with E-state index in [2.05, 4.69) is 21.3 Å². The van der Waals surface area contributed by atoms with E-state index in [4.69, 9.17) is 4.74 Å². The van der Waals surface area contributed by atoms with E-state index in [1.54, 1.807) is 30.7 Å². The van der Waals surface area contributed by atoms with Crippen LogP contribution in [0.15, 0.2) is 0 Å². The van der Waals surface area contributed by atoms with Crippen LogP contribution in [0, 0.1) is 5.41 Å². The first-order valence-corrected chi connectivity index (χ1v) is 12.1. The van der Waals surface area contributed by atoms with Gasteiger partial charge >= 0.3 is 12.1 Å². The number of hydrogen-bond donors (Lipinski definition) is 4. The molecule has 194 valence electrons. The van der Waals surface area contributed by atoms with E-state index >= 15 is 0 Å². The van der Waals surface area contributed by atoms with Gasteiger partial charge in [0.1, 0.15) is 12.1 Å². The quantitative estimate of drug-likeness (QED) is 0.421. The van der Waals surface area contributed by atoms with Crippen LogP contribution in [0.3, 0.4) is 0 Å². The molecule has 5 amide bonds. The van der Waals surface area contributed by atoms with Crippen molar-refractivity contribution in [3.05, 3.63) is 0 Å². The lowest BCUT2D eigenvalue weighted by atomic mass is 9.85. The van der Waals surface area contributed by atoms with Crippen molar-refractivity contribution in [2.24, 2.45) is 5.41 Å². The van der Waals surface area contributed by atoms with Crippen molar-refractivity contribution >= 4 is 23.9 Å². The van der Waals surface area contributed by atoms with Gasteiger partial charge in [-0.3, -0.25) is 9.59 Å². The van der Waals surface area contributed by atoms with Gasteiger partial charge in [-0.15, -0.1) is 0 Å². The molecular formula is C23H42N6O5. The number of ether oxygens (including phenoxy) is 1. The Kier molecular flexibility index (Phi) is 9.15. The summed E-state index contributed by atoms with van der Waals surface area (Å²) >= 11 is 0. The average Bonchev–Trinajstić information content (AvgIpc) is 3.31. The fourth-order valence-electron chi connectivity index (χ4n) is 4.49. The Bertz CT molecular complexity index is 767. The van der Waals surface area contributed by atoms with Crippen molar-refractivity contribution in [2.45, 2.75) is 91.2 Å². The Balaban J connectivity index is 2.33. The van der Waals surface area contributed by atoms with Gasteiger partial charge in [-0.25, -0.2) is 9.59 Å². The maximum atomic E-state index is 13.8. The summed E-state index contributed by atoms with van der Waals surface area (Å²) in [5.74, 6) is -0.515. The van der Waals surface area contributed by atoms with Gasteiger partial charge in [0.25, 0.3) is 0 Å². The van der Waals surface area contributed by atoms with Crippen LogP contribution >= 0.6 is 0 Å². The first kappa shape index (κ1) is 27.7. The van der Waals surface area contributed by atoms with Gasteiger partial charge in [0.2, 0.25) is 11.8 Å². The highest BCUT2D eigenvalue weighted by molar-refractivity contribution is 5.90. The van der Waals surface area contributed by atoms with Crippen LogP contribution in [0.5, 0.6) is 0 Å². The van der Waals surface area contributed by atoms with E-state index in [9.17, 15) is 19.2 Å². The summed E-state index contributed by atoms with van der Waals surface area (Å²) in [5.41, 5.74) is -0.554. The monoisotopic (exact) mass is 482 g/mol. The molecule has 2 heterocycles. The van der Waals surface area contributed by atoms with E-state index in [0.717, 1.165) is 0 Å². The Morgan fingerprint density at radius 1 is 1.06 bits per heavy atom. The number of nitrogens with zero attached hydrogens (tertiary/aromatic N) is 2. The summed E-state index contributed by atoms with van der Waals surface area (Å²) in [7, 11) is 1.68. The number of carbonyl (C=O) groups excluding carboxylic acids is 4. The van der Waals surface area contributed by atoms with E-state index in [-0.39, 0.29) is 36.5 Å². The smallest absolute Gasteiger partial charge is 0.407 e. The predicted molar refractivity (Wildman–Crippen MR) is 128 cm³/mol. The lowest BCUT2D eigenvalue weighted by molar-refractivity contribution is -0.141. The molecule has 2 aliphatic rings. The number of rotatable bonds is 7. The van der Waals surface area contributed by atoms with E-state index in [0.29, 0.717) is 19.5 Å². The predicted octanol–water partition coefficient (Wildman–Crippen LogP) is 0.643. The highest BCUT2D eigenvalue weighted by atomic mass is 16.6. The summed E-state index contributed by atoms with van der Waals surface area (Å²) in [4.78, 5) is 54.9. The number of likely N-dealkylation sites (tertiary alicyclic amines) is 2. The van der Waals surface area contributed by atoms with Crippen LogP contribution in [0.2, 0.25) is 0 Å². The number of alkyl carbamates (subject to hydrolysis) is 1. The lowest BCUT2D eigenvalue weighted by Crippen LogP contribution is -2.59.